The Morgan fingerprint density at radius 3 is 2.90 bits per heavy atom. The molecule has 20 heavy (non-hydrogen) atoms. The van der Waals surface area contributed by atoms with Crippen LogP contribution in [0.4, 0.5) is 0 Å². The maximum Gasteiger partial charge on any atom is 0.0627 e. The molecule has 0 bridgehead atoms. The fraction of sp³-hybridized carbons (Fsp3) is 0.824. The topological polar surface area (TPSA) is 29.9 Å². The molecule has 3 rings (SSSR count). The van der Waals surface area contributed by atoms with E-state index in [1.54, 1.807) is 0 Å². The molecule has 2 unspecified atom stereocenters. The van der Waals surface area contributed by atoms with Crippen LogP contribution in [-0.2, 0) is 6.42 Å². The van der Waals surface area contributed by atoms with Crippen molar-refractivity contribution in [1.82, 2.24) is 15.1 Å². The molecule has 0 aromatic carbocycles. The molecule has 1 aromatic heterocycles. The minimum absolute atomic E-state index is 0.686. The van der Waals surface area contributed by atoms with Crippen molar-refractivity contribution in [1.29, 1.82) is 0 Å². The van der Waals surface area contributed by atoms with E-state index in [2.05, 4.69) is 29.2 Å². The molecule has 2 fully saturated rings. The van der Waals surface area contributed by atoms with E-state index >= 15 is 0 Å². The molecule has 0 aliphatic heterocycles. The van der Waals surface area contributed by atoms with Crippen molar-refractivity contribution < 1.29 is 0 Å². The third kappa shape index (κ3) is 3.43. The molecule has 3 nitrogen and oxygen atoms in total. The van der Waals surface area contributed by atoms with Gasteiger partial charge in [0.05, 0.1) is 11.7 Å². The lowest BCUT2D eigenvalue weighted by molar-refractivity contribution is 0.450. The maximum atomic E-state index is 4.84. The number of rotatable bonds is 6. The predicted octanol–water partition coefficient (Wildman–Crippen LogP) is 3.71. The lowest BCUT2D eigenvalue weighted by Gasteiger charge is -2.12. The lowest BCUT2D eigenvalue weighted by Crippen LogP contribution is -2.27. The summed E-state index contributed by atoms with van der Waals surface area (Å²) in [6.45, 7) is 3.42. The van der Waals surface area contributed by atoms with Gasteiger partial charge in [0, 0.05) is 12.2 Å². The fourth-order valence-corrected chi connectivity index (χ4v) is 3.95. The molecule has 1 heterocycles. The minimum atomic E-state index is 0.686. The van der Waals surface area contributed by atoms with Gasteiger partial charge >= 0.3 is 0 Å². The summed E-state index contributed by atoms with van der Waals surface area (Å²) in [6.07, 6.45) is 14.1. The van der Waals surface area contributed by atoms with Crippen molar-refractivity contribution in [2.45, 2.75) is 76.8 Å². The van der Waals surface area contributed by atoms with E-state index < -0.39 is 0 Å². The van der Waals surface area contributed by atoms with Crippen LogP contribution in [0, 0.1) is 5.92 Å². The largest absolute Gasteiger partial charge is 0.314 e. The van der Waals surface area contributed by atoms with Crippen molar-refractivity contribution in [3.05, 3.63) is 18.0 Å². The van der Waals surface area contributed by atoms with E-state index in [0.717, 1.165) is 12.0 Å². The van der Waals surface area contributed by atoms with Gasteiger partial charge in [-0.25, -0.2) is 0 Å². The van der Waals surface area contributed by atoms with Crippen LogP contribution < -0.4 is 5.32 Å². The van der Waals surface area contributed by atoms with Crippen LogP contribution in [0.15, 0.2) is 12.3 Å². The summed E-state index contributed by atoms with van der Waals surface area (Å²) in [6, 6.07) is 3.70. The van der Waals surface area contributed by atoms with Crippen LogP contribution in [0.25, 0.3) is 0 Å². The van der Waals surface area contributed by atoms with Gasteiger partial charge in [-0.3, -0.25) is 4.68 Å². The standard InChI is InChI=1S/C17H29N3/c1-2-10-18-15-8-7-14(12-15)13-16-9-11-20(19-16)17-5-3-4-6-17/h9,11,14-15,17-18H,2-8,10,12-13H2,1H3. The second-order valence-electron chi connectivity index (χ2n) is 6.76. The summed E-state index contributed by atoms with van der Waals surface area (Å²) in [5, 5.41) is 8.51. The summed E-state index contributed by atoms with van der Waals surface area (Å²) in [5.41, 5.74) is 1.32. The van der Waals surface area contributed by atoms with Crippen molar-refractivity contribution in [3.63, 3.8) is 0 Å². The molecule has 2 aliphatic rings. The molecule has 0 amide bonds. The molecule has 2 saturated carbocycles. The summed E-state index contributed by atoms with van der Waals surface area (Å²) >= 11 is 0. The Labute approximate surface area is 123 Å². The Morgan fingerprint density at radius 2 is 2.10 bits per heavy atom. The van der Waals surface area contributed by atoms with Gasteiger partial charge in [-0.15, -0.1) is 0 Å². The van der Waals surface area contributed by atoms with E-state index in [1.165, 1.54) is 70.0 Å². The predicted molar refractivity (Wildman–Crippen MR) is 82.9 cm³/mol. The van der Waals surface area contributed by atoms with Crippen LogP contribution in [0.2, 0.25) is 0 Å². The van der Waals surface area contributed by atoms with E-state index in [0.29, 0.717) is 6.04 Å². The molecular formula is C17H29N3. The zero-order valence-electron chi connectivity index (χ0n) is 12.9. The van der Waals surface area contributed by atoms with Crippen LogP contribution in [0.5, 0.6) is 0 Å². The van der Waals surface area contributed by atoms with Gasteiger partial charge in [0.25, 0.3) is 0 Å². The Bertz CT molecular complexity index is 406. The van der Waals surface area contributed by atoms with Gasteiger partial charge in [-0.1, -0.05) is 19.8 Å². The number of nitrogens with one attached hydrogen (secondary N) is 1. The van der Waals surface area contributed by atoms with Crippen molar-refractivity contribution in [2.24, 2.45) is 5.92 Å². The Kier molecular flexibility index (Phi) is 4.77. The van der Waals surface area contributed by atoms with Gasteiger partial charge in [-0.05, 0) is 63.5 Å². The fourth-order valence-electron chi connectivity index (χ4n) is 3.95. The Hall–Kier alpha value is -0.830. The van der Waals surface area contributed by atoms with E-state index in [4.69, 9.17) is 5.10 Å². The van der Waals surface area contributed by atoms with E-state index in [9.17, 15) is 0 Å². The SMILES string of the molecule is CCCNC1CCC(Cc2ccn(C3CCCC3)n2)C1. The number of hydrogen-bond donors (Lipinski definition) is 1. The molecule has 0 spiro atoms. The van der Waals surface area contributed by atoms with Crippen LogP contribution in [0.3, 0.4) is 0 Å². The van der Waals surface area contributed by atoms with Gasteiger partial charge in [-0.2, -0.15) is 5.10 Å². The van der Waals surface area contributed by atoms with Gasteiger partial charge in [0.1, 0.15) is 0 Å². The molecular weight excluding hydrogens is 246 g/mol. The quantitative estimate of drug-likeness (QED) is 0.857. The third-order valence-electron chi connectivity index (χ3n) is 5.08. The number of hydrogen-bond acceptors (Lipinski definition) is 2. The third-order valence-corrected chi connectivity index (χ3v) is 5.08. The van der Waals surface area contributed by atoms with Gasteiger partial charge < -0.3 is 5.32 Å². The summed E-state index contributed by atoms with van der Waals surface area (Å²) < 4.78 is 2.24. The summed E-state index contributed by atoms with van der Waals surface area (Å²) in [5.74, 6) is 0.844. The van der Waals surface area contributed by atoms with Gasteiger partial charge in [0.2, 0.25) is 0 Å². The molecule has 3 heteroatoms. The monoisotopic (exact) mass is 275 g/mol. The zero-order chi connectivity index (χ0) is 13.8. The molecule has 2 atom stereocenters. The van der Waals surface area contributed by atoms with Gasteiger partial charge in [0.15, 0.2) is 0 Å². The minimum Gasteiger partial charge on any atom is -0.314 e. The second kappa shape index (κ2) is 6.75. The van der Waals surface area contributed by atoms with Crippen LogP contribution in [0.1, 0.15) is 70.0 Å². The highest BCUT2D eigenvalue weighted by atomic mass is 15.3. The molecule has 1 aromatic rings. The first-order valence-corrected chi connectivity index (χ1v) is 8.62. The smallest absolute Gasteiger partial charge is 0.0627 e. The van der Waals surface area contributed by atoms with E-state index in [1.807, 2.05) is 0 Å². The zero-order valence-corrected chi connectivity index (χ0v) is 12.9. The first-order valence-electron chi connectivity index (χ1n) is 8.62. The number of nitrogens with zero attached hydrogens (tertiary/aromatic N) is 2. The lowest BCUT2D eigenvalue weighted by atomic mass is 10.0. The van der Waals surface area contributed by atoms with Crippen LogP contribution in [-0.4, -0.2) is 22.4 Å². The normalized spacial score (nSPS) is 27.4. The number of aromatic nitrogens is 2. The van der Waals surface area contributed by atoms with Crippen molar-refractivity contribution in [3.8, 4) is 0 Å². The average molecular weight is 275 g/mol. The molecule has 1 N–H and O–H groups in total. The molecule has 0 saturated heterocycles. The highest BCUT2D eigenvalue weighted by Crippen LogP contribution is 2.31. The Morgan fingerprint density at radius 1 is 1.25 bits per heavy atom. The molecule has 112 valence electrons. The first-order chi connectivity index (χ1) is 9.85. The van der Waals surface area contributed by atoms with E-state index in [-0.39, 0.29) is 0 Å². The highest BCUT2D eigenvalue weighted by Gasteiger charge is 2.25. The maximum absolute atomic E-state index is 4.84. The average Bonchev–Trinajstić information content (AvgIpc) is 3.18. The van der Waals surface area contributed by atoms with Crippen molar-refractivity contribution in [2.75, 3.05) is 6.54 Å². The van der Waals surface area contributed by atoms with Crippen LogP contribution >= 0.6 is 0 Å². The molecule has 2 aliphatic carbocycles. The summed E-state index contributed by atoms with van der Waals surface area (Å²) in [7, 11) is 0. The second-order valence-corrected chi connectivity index (χ2v) is 6.76. The first kappa shape index (κ1) is 14.1. The van der Waals surface area contributed by atoms with Crippen molar-refractivity contribution >= 4 is 0 Å². The summed E-state index contributed by atoms with van der Waals surface area (Å²) in [4.78, 5) is 0. The highest BCUT2D eigenvalue weighted by molar-refractivity contribution is 5.03. The molecule has 0 radical (unpaired) electrons. The Balaban J connectivity index is 1.48.